The van der Waals surface area contributed by atoms with E-state index in [9.17, 15) is 0 Å². The van der Waals surface area contributed by atoms with Gasteiger partial charge in [0, 0.05) is 71.7 Å². The summed E-state index contributed by atoms with van der Waals surface area (Å²) >= 11 is 6.14. The van der Waals surface area contributed by atoms with Crippen LogP contribution in [-0.2, 0) is 19.5 Å². The lowest BCUT2D eigenvalue weighted by Gasteiger charge is -2.28. The van der Waals surface area contributed by atoms with Gasteiger partial charge in [-0.05, 0) is 41.5 Å². The first kappa shape index (κ1) is 20.1. The van der Waals surface area contributed by atoms with Crippen LogP contribution in [0.4, 0.5) is 0 Å². The van der Waals surface area contributed by atoms with Crippen LogP contribution in [0, 0.1) is 0 Å². The zero-order valence-corrected chi connectivity index (χ0v) is 18.8. The summed E-state index contributed by atoms with van der Waals surface area (Å²) in [6, 6.07) is 20.5. The summed E-state index contributed by atoms with van der Waals surface area (Å²) in [7, 11) is 0. The molecule has 0 radical (unpaired) electrons. The van der Waals surface area contributed by atoms with Gasteiger partial charge in [-0.1, -0.05) is 41.9 Å². The van der Waals surface area contributed by atoms with Crippen LogP contribution in [0.3, 0.4) is 0 Å². The molecule has 0 aliphatic carbocycles. The summed E-state index contributed by atoms with van der Waals surface area (Å²) in [5, 5.41) is 2.01. The molecule has 33 heavy (non-hydrogen) atoms. The predicted molar refractivity (Wildman–Crippen MR) is 132 cm³/mol. The van der Waals surface area contributed by atoms with Crippen molar-refractivity contribution in [1.82, 2.24) is 24.8 Å². The molecule has 0 bridgehead atoms. The molecule has 0 atom stereocenters. The molecule has 1 N–H and O–H groups in total. The number of para-hydroxylation sites is 1. The third-order valence-corrected chi connectivity index (χ3v) is 6.51. The molecule has 0 spiro atoms. The zero-order valence-electron chi connectivity index (χ0n) is 18.0. The molecular formula is C27H22ClN5. The molecule has 1 aliphatic heterocycles. The Hall–Kier alpha value is -3.54. The van der Waals surface area contributed by atoms with Gasteiger partial charge in [0.15, 0.2) is 5.82 Å². The Kier molecular flexibility index (Phi) is 5.13. The van der Waals surface area contributed by atoms with Gasteiger partial charge in [0.2, 0.25) is 0 Å². The molecule has 2 aromatic carbocycles. The number of rotatable bonds is 4. The highest BCUT2D eigenvalue weighted by Crippen LogP contribution is 2.33. The number of nitrogens with zero attached hydrogens (tertiary/aromatic N) is 4. The molecule has 5 aromatic rings. The van der Waals surface area contributed by atoms with Gasteiger partial charge in [-0.2, -0.15) is 0 Å². The molecule has 0 amide bonds. The number of halogens is 1. The summed E-state index contributed by atoms with van der Waals surface area (Å²) in [6.07, 6.45) is 6.46. The van der Waals surface area contributed by atoms with Crippen LogP contribution in [0.1, 0.15) is 16.8 Å². The van der Waals surface area contributed by atoms with E-state index >= 15 is 0 Å². The number of hydrogen-bond acceptors (Lipinski definition) is 4. The summed E-state index contributed by atoms with van der Waals surface area (Å²) in [5.41, 5.74) is 8.05. The molecule has 0 fully saturated rings. The van der Waals surface area contributed by atoms with Gasteiger partial charge in [0.1, 0.15) is 0 Å². The van der Waals surface area contributed by atoms with E-state index in [2.05, 4.69) is 56.3 Å². The second kappa shape index (κ2) is 8.43. The number of H-pyrrole nitrogens is 1. The van der Waals surface area contributed by atoms with Crippen molar-refractivity contribution < 1.29 is 0 Å². The maximum absolute atomic E-state index is 6.14. The van der Waals surface area contributed by atoms with Gasteiger partial charge in [-0.3, -0.25) is 9.88 Å². The van der Waals surface area contributed by atoms with Crippen LogP contribution in [0.15, 0.2) is 79.3 Å². The number of pyridine rings is 1. The largest absolute Gasteiger partial charge is 0.354 e. The molecular weight excluding hydrogens is 430 g/mol. The van der Waals surface area contributed by atoms with Crippen LogP contribution in [-0.4, -0.2) is 31.4 Å². The van der Waals surface area contributed by atoms with E-state index in [4.69, 9.17) is 16.6 Å². The number of fused-ring (bicyclic) bond motifs is 2. The Bertz CT molecular complexity index is 1430. The van der Waals surface area contributed by atoms with Crippen molar-refractivity contribution in [3.8, 4) is 22.6 Å². The molecule has 0 unspecified atom stereocenters. The second-order valence-corrected chi connectivity index (χ2v) is 8.84. The first-order chi connectivity index (χ1) is 16.2. The van der Waals surface area contributed by atoms with Crippen molar-refractivity contribution in [2.75, 3.05) is 6.54 Å². The molecule has 0 saturated heterocycles. The van der Waals surface area contributed by atoms with E-state index in [-0.39, 0.29) is 0 Å². The SMILES string of the molecule is Clc1ccc(-c2[nH]c3ccccc3c2CN2CCc3nc(-c4cccnc4)ncc3C2)cc1. The molecule has 3 aromatic heterocycles. The zero-order chi connectivity index (χ0) is 22.2. The molecule has 5 nitrogen and oxygen atoms in total. The van der Waals surface area contributed by atoms with Crippen LogP contribution in [0.2, 0.25) is 5.02 Å². The van der Waals surface area contributed by atoms with Crippen LogP contribution in [0.5, 0.6) is 0 Å². The Balaban J connectivity index is 1.31. The van der Waals surface area contributed by atoms with Gasteiger partial charge in [-0.15, -0.1) is 0 Å². The predicted octanol–water partition coefficient (Wildman–Crippen LogP) is 5.90. The Morgan fingerprint density at radius 2 is 1.82 bits per heavy atom. The highest BCUT2D eigenvalue weighted by Gasteiger charge is 2.22. The van der Waals surface area contributed by atoms with Crippen LogP contribution >= 0.6 is 11.6 Å². The van der Waals surface area contributed by atoms with Gasteiger partial charge < -0.3 is 4.98 Å². The lowest BCUT2D eigenvalue weighted by atomic mass is 10.0. The number of benzene rings is 2. The minimum absolute atomic E-state index is 0.745. The van der Waals surface area contributed by atoms with Crippen LogP contribution in [0.25, 0.3) is 33.5 Å². The molecule has 6 heteroatoms. The lowest BCUT2D eigenvalue weighted by molar-refractivity contribution is 0.244. The number of aromatic amines is 1. The first-order valence-corrected chi connectivity index (χ1v) is 11.5. The maximum atomic E-state index is 6.14. The van der Waals surface area contributed by atoms with E-state index in [1.54, 1.807) is 6.20 Å². The summed E-state index contributed by atoms with van der Waals surface area (Å²) in [6.45, 7) is 2.64. The minimum Gasteiger partial charge on any atom is -0.354 e. The topological polar surface area (TPSA) is 57.7 Å². The van der Waals surface area contributed by atoms with Crippen LogP contribution < -0.4 is 0 Å². The molecule has 4 heterocycles. The maximum Gasteiger partial charge on any atom is 0.160 e. The van der Waals surface area contributed by atoms with E-state index < -0.39 is 0 Å². The van der Waals surface area contributed by atoms with E-state index in [0.29, 0.717) is 0 Å². The minimum atomic E-state index is 0.745. The highest BCUT2D eigenvalue weighted by atomic mass is 35.5. The van der Waals surface area contributed by atoms with Crippen molar-refractivity contribution in [3.63, 3.8) is 0 Å². The monoisotopic (exact) mass is 451 g/mol. The van der Waals surface area contributed by atoms with Gasteiger partial charge in [-0.25, -0.2) is 9.97 Å². The fourth-order valence-corrected chi connectivity index (χ4v) is 4.72. The third kappa shape index (κ3) is 3.90. The van der Waals surface area contributed by atoms with Crippen molar-refractivity contribution >= 4 is 22.5 Å². The summed E-state index contributed by atoms with van der Waals surface area (Å²) in [5.74, 6) is 0.747. The first-order valence-electron chi connectivity index (χ1n) is 11.1. The smallest absolute Gasteiger partial charge is 0.160 e. The van der Waals surface area contributed by atoms with Gasteiger partial charge >= 0.3 is 0 Å². The molecule has 6 rings (SSSR count). The molecule has 0 saturated carbocycles. The normalized spacial score (nSPS) is 13.8. The second-order valence-electron chi connectivity index (χ2n) is 8.40. The third-order valence-electron chi connectivity index (χ3n) is 6.26. The number of aromatic nitrogens is 4. The lowest BCUT2D eigenvalue weighted by Crippen LogP contribution is -2.31. The number of nitrogens with one attached hydrogen (secondary N) is 1. The fraction of sp³-hybridized carbons (Fsp3) is 0.148. The van der Waals surface area contributed by atoms with Crippen molar-refractivity contribution in [2.24, 2.45) is 0 Å². The summed E-state index contributed by atoms with van der Waals surface area (Å²) < 4.78 is 0. The van der Waals surface area contributed by atoms with Crippen molar-refractivity contribution in [1.29, 1.82) is 0 Å². The van der Waals surface area contributed by atoms with Crippen molar-refractivity contribution in [3.05, 3.63) is 101 Å². The Morgan fingerprint density at radius 1 is 0.939 bits per heavy atom. The highest BCUT2D eigenvalue weighted by molar-refractivity contribution is 6.30. The molecule has 1 aliphatic rings. The van der Waals surface area contributed by atoms with Gasteiger partial charge in [0.05, 0.1) is 11.4 Å². The quantitative estimate of drug-likeness (QED) is 0.369. The average Bonchev–Trinajstić information content (AvgIpc) is 3.23. The van der Waals surface area contributed by atoms with Gasteiger partial charge in [0.25, 0.3) is 0 Å². The van der Waals surface area contributed by atoms with E-state index in [1.165, 1.54) is 16.5 Å². The standard InChI is InChI=1S/C27H22ClN5/c28-21-9-7-18(8-10-21)26-23(22-5-1-2-6-25(22)31-26)17-33-13-11-24-20(16-33)15-30-27(32-24)19-4-3-12-29-14-19/h1-10,12,14-15,31H,11,13,16-17H2. The fourth-order valence-electron chi connectivity index (χ4n) is 4.59. The average molecular weight is 452 g/mol. The molecule has 162 valence electrons. The van der Waals surface area contributed by atoms with E-state index in [0.717, 1.165) is 64.9 Å². The number of hydrogen-bond donors (Lipinski definition) is 1. The van der Waals surface area contributed by atoms with E-state index in [1.807, 2.05) is 36.7 Å². The van der Waals surface area contributed by atoms with Crippen molar-refractivity contribution in [2.45, 2.75) is 19.5 Å². The summed E-state index contributed by atoms with van der Waals surface area (Å²) in [4.78, 5) is 19.8. The Labute approximate surface area is 197 Å². The Morgan fingerprint density at radius 3 is 2.67 bits per heavy atom.